The van der Waals surface area contributed by atoms with Gasteiger partial charge < -0.3 is 0 Å². The summed E-state index contributed by atoms with van der Waals surface area (Å²) in [5.41, 5.74) is 0.0235. The van der Waals surface area contributed by atoms with Crippen LogP contribution in [-0.2, 0) is 9.84 Å². The molecule has 0 atom stereocenters. The molecule has 2 rings (SSSR count). The fraction of sp³-hybridized carbons (Fsp3) is 0.455. The molecule has 0 saturated heterocycles. The van der Waals surface area contributed by atoms with Gasteiger partial charge in [-0.3, -0.25) is 0 Å². The number of hydrogen-bond donors (Lipinski definition) is 1. The fourth-order valence-corrected chi connectivity index (χ4v) is 4.01. The summed E-state index contributed by atoms with van der Waals surface area (Å²) in [5.74, 6) is 0. The number of sulfone groups is 1. The molecule has 0 aliphatic heterocycles. The van der Waals surface area contributed by atoms with E-state index in [0.29, 0.717) is 12.8 Å². The van der Waals surface area contributed by atoms with Crippen molar-refractivity contribution in [2.75, 3.05) is 0 Å². The average molecular weight is 256 g/mol. The third-order valence-electron chi connectivity index (χ3n) is 3.13. The first-order chi connectivity index (χ1) is 8.01. The van der Waals surface area contributed by atoms with Crippen molar-refractivity contribution in [2.45, 2.75) is 35.8 Å². The van der Waals surface area contributed by atoms with Gasteiger partial charge in [-0.05, 0) is 25.0 Å². The van der Waals surface area contributed by atoms with Gasteiger partial charge >= 0.3 is 5.69 Å². The van der Waals surface area contributed by atoms with Gasteiger partial charge in [-0.2, -0.15) is 0 Å². The number of rotatable bonds is 3. The molecular formula is C11H14NO4S+. The van der Waals surface area contributed by atoms with Crippen LogP contribution in [0.25, 0.3) is 0 Å². The number of nitrogens with zero attached hydrogens (tertiary/aromatic N) is 1. The minimum atomic E-state index is -3.28. The summed E-state index contributed by atoms with van der Waals surface area (Å²) in [4.78, 5) is 10.5. The lowest BCUT2D eigenvalue weighted by Gasteiger charge is -2.10. The Morgan fingerprint density at radius 3 is 2.12 bits per heavy atom. The van der Waals surface area contributed by atoms with E-state index in [0.717, 1.165) is 12.8 Å². The second-order valence-corrected chi connectivity index (χ2v) is 6.45. The normalized spacial score (nSPS) is 17.2. The van der Waals surface area contributed by atoms with Crippen molar-refractivity contribution in [1.82, 2.24) is 0 Å². The molecule has 0 aromatic heterocycles. The van der Waals surface area contributed by atoms with Gasteiger partial charge in [-0.25, -0.2) is 13.6 Å². The molecule has 92 valence electrons. The molecule has 1 aromatic carbocycles. The molecule has 1 saturated carbocycles. The molecule has 1 aliphatic carbocycles. The van der Waals surface area contributed by atoms with Crippen molar-refractivity contribution in [3.63, 3.8) is 0 Å². The molecule has 1 fully saturated rings. The van der Waals surface area contributed by atoms with E-state index in [2.05, 4.69) is 0 Å². The second-order valence-electron chi connectivity index (χ2n) is 4.22. The molecule has 1 aliphatic rings. The molecule has 0 radical (unpaired) electrons. The third-order valence-corrected chi connectivity index (χ3v) is 5.41. The molecule has 0 heterocycles. The summed E-state index contributed by atoms with van der Waals surface area (Å²) in [5, 5.41) is 8.36. The number of hydrogen-bond acceptors (Lipinski definition) is 3. The van der Waals surface area contributed by atoms with Crippen LogP contribution in [0.15, 0.2) is 29.2 Å². The van der Waals surface area contributed by atoms with Crippen molar-refractivity contribution in [2.24, 2.45) is 0 Å². The first-order valence-corrected chi connectivity index (χ1v) is 7.06. The zero-order valence-corrected chi connectivity index (χ0v) is 10.1. The van der Waals surface area contributed by atoms with E-state index in [1.165, 1.54) is 24.3 Å². The maximum absolute atomic E-state index is 12.2. The minimum Gasteiger partial charge on any atom is -0.241 e. The lowest BCUT2D eigenvalue weighted by Crippen LogP contribution is -2.17. The standard InChI is InChI=1S/C11H14NO4S/c13-12(14)9-5-7-11(8-6-9)17(15,16)10-3-1-2-4-10/h5-8,10H,1-4H2,(H,13,14)/q+1. The molecule has 1 N–H and O–H groups in total. The monoisotopic (exact) mass is 256 g/mol. The molecule has 17 heavy (non-hydrogen) atoms. The Kier molecular flexibility index (Phi) is 3.15. The lowest BCUT2D eigenvalue weighted by atomic mass is 10.3. The van der Waals surface area contributed by atoms with E-state index < -0.39 is 9.84 Å². The van der Waals surface area contributed by atoms with Crippen molar-refractivity contribution < 1.29 is 18.5 Å². The van der Waals surface area contributed by atoms with Crippen LogP contribution in [0.5, 0.6) is 0 Å². The third kappa shape index (κ3) is 2.31. The van der Waals surface area contributed by atoms with Crippen molar-refractivity contribution >= 4 is 15.5 Å². The van der Waals surface area contributed by atoms with Gasteiger partial charge in [0, 0.05) is 12.1 Å². The SMILES string of the molecule is O=[N+](O)c1ccc(S(=O)(=O)C2CCCC2)cc1. The van der Waals surface area contributed by atoms with Crippen LogP contribution in [0.4, 0.5) is 5.69 Å². The maximum Gasteiger partial charge on any atom is 0.316 e. The van der Waals surface area contributed by atoms with Gasteiger partial charge in [0.05, 0.1) is 15.1 Å². The molecular weight excluding hydrogens is 242 g/mol. The van der Waals surface area contributed by atoms with Crippen molar-refractivity contribution in [3.8, 4) is 0 Å². The largest absolute Gasteiger partial charge is 0.316 e. The molecule has 0 unspecified atom stereocenters. The Bertz CT molecular complexity index is 515. The summed E-state index contributed by atoms with van der Waals surface area (Å²) < 4.78 is 24.3. The van der Waals surface area contributed by atoms with Gasteiger partial charge in [0.1, 0.15) is 0 Å². The quantitative estimate of drug-likeness (QED) is 0.841. The molecule has 0 bridgehead atoms. The van der Waals surface area contributed by atoms with Gasteiger partial charge in [0.15, 0.2) is 9.84 Å². The topological polar surface area (TPSA) is 74.5 Å². The first kappa shape index (κ1) is 12.0. The van der Waals surface area contributed by atoms with E-state index in [1.54, 1.807) is 0 Å². The fourth-order valence-electron chi connectivity index (χ4n) is 2.15. The van der Waals surface area contributed by atoms with E-state index in [1.807, 2.05) is 0 Å². The first-order valence-electron chi connectivity index (χ1n) is 5.52. The Balaban J connectivity index is 2.30. The van der Waals surface area contributed by atoms with E-state index in [-0.39, 0.29) is 20.8 Å². The van der Waals surface area contributed by atoms with Crippen LogP contribution < -0.4 is 0 Å². The van der Waals surface area contributed by atoms with Crippen LogP contribution >= 0.6 is 0 Å². The Morgan fingerprint density at radius 2 is 1.65 bits per heavy atom. The Morgan fingerprint density at radius 1 is 1.12 bits per heavy atom. The summed E-state index contributed by atoms with van der Waals surface area (Å²) in [6.45, 7) is 0. The molecule has 0 amide bonds. The van der Waals surface area contributed by atoms with Crippen LogP contribution in [0.1, 0.15) is 25.7 Å². The predicted octanol–water partition coefficient (Wildman–Crippen LogP) is 2.20. The zero-order chi connectivity index (χ0) is 12.5. The molecule has 5 nitrogen and oxygen atoms in total. The highest BCUT2D eigenvalue weighted by Gasteiger charge is 2.30. The average Bonchev–Trinajstić information content (AvgIpc) is 2.83. The minimum absolute atomic E-state index is 0.0235. The van der Waals surface area contributed by atoms with Crippen LogP contribution in [0.2, 0.25) is 0 Å². The lowest BCUT2D eigenvalue weighted by molar-refractivity contribution is -0.729. The Labute approximate surface area is 99.5 Å². The van der Waals surface area contributed by atoms with Gasteiger partial charge in [0.25, 0.3) is 4.92 Å². The van der Waals surface area contributed by atoms with Crippen LogP contribution in [0.3, 0.4) is 0 Å². The van der Waals surface area contributed by atoms with Gasteiger partial charge in [-0.1, -0.05) is 12.8 Å². The van der Waals surface area contributed by atoms with E-state index in [4.69, 9.17) is 5.21 Å². The highest BCUT2D eigenvalue weighted by atomic mass is 32.2. The highest BCUT2D eigenvalue weighted by Crippen LogP contribution is 2.30. The van der Waals surface area contributed by atoms with Crippen molar-refractivity contribution in [3.05, 3.63) is 29.2 Å². The van der Waals surface area contributed by atoms with Gasteiger partial charge in [0.2, 0.25) is 0 Å². The summed E-state index contributed by atoms with van der Waals surface area (Å²) in [7, 11) is -3.28. The summed E-state index contributed by atoms with van der Waals surface area (Å²) >= 11 is 0. The highest BCUT2D eigenvalue weighted by molar-refractivity contribution is 7.92. The van der Waals surface area contributed by atoms with E-state index >= 15 is 0 Å². The summed E-state index contributed by atoms with van der Waals surface area (Å²) in [6.07, 6.45) is 3.31. The van der Waals surface area contributed by atoms with Crippen molar-refractivity contribution in [1.29, 1.82) is 0 Å². The summed E-state index contributed by atoms with van der Waals surface area (Å²) in [6, 6.07) is 5.33. The van der Waals surface area contributed by atoms with E-state index in [9.17, 15) is 13.3 Å². The molecule has 6 heteroatoms. The molecule has 1 aromatic rings. The number of benzene rings is 1. The zero-order valence-electron chi connectivity index (χ0n) is 9.24. The van der Waals surface area contributed by atoms with Crippen LogP contribution in [-0.4, -0.2) is 23.8 Å². The molecule has 0 spiro atoms. The smallest absolute Gasteiger partial charge is 0.241 e. The Hall–Kier alpha value is -1.43. The maximum atomic E-state index is 12.2. The van der Waals surface area contributed by atoms with Gasteiger partial charge in [-0.15, -0.1) is 0 Å². The van der Waals surface area contributed by atoms with Crippen LogP contribution in [0, 0.1) is 4.91 Å². The predicted molar refractivity (Wildman–Crippen MR) is 61.0 cm³/mol. The second kappa shape index (κ2) is 4.44.